The molecule has 0 spiro atoms. The summed E-state index contributed by atoms with van der Waals surface area (Å²) in [6.45, 7) is 2.07. The van der Waals surface area contributed by atoms with Gasteiger partial charge < -0.3 is 5.32 Å². The minimum Gasteiger partial charge on any atom is -0.346 e. The average Bonchev–Trinajstić information content (AvgIpc) is 2.65. The summed E-state index contributed by atoms with van der Waals surface area (Å²) in [6.07, 6.45) is 5.17. The van der Waals surface area contributed by atoms with Crippen LogP contribution in [0.5, 0.6) is 0 Å². The number of carbonyl (C=O) groups excluding carboxylic acids is 2. The Balaban J connectivity index is 1.95. The molecule has 5 heteroatoms. The number of rotatable bonds is 2. The van der Waals surface area contributed by atoms with E-state index in [2.05, 4.69) is 22.8 Å². The molecule has 0 saturated heterocycles. The number of nitrogens with one attached hydrogen (secondary N) is 2. The summed E-state index contributed by atoms with van der Waals surface area (Å²) in [5, 5.41) is 6.81. The first-order valence-corrected chi connectivity index (χ1v) is 5.77. The second-order valence-electron chi connectivity index (χ2n) is 4.82. The van der Waals surface area contributed by atoms with Crippen LogP contribution in [0.25, 0.3) is 0 Å². The van der Waals surface area contributed by atoms with Gasteiger partial charge in [0.2, 0.25) is 5.91 Å². The Hall–Kier alpha value is -1.39. The van der Waals surface area contributed by atoms with Crippen molar-refractivity contribution in [3.8, 4) is 0 Å². The van der Waals surface area contributed by atoms with Crippen molar-refractivity contribution in [1.29, 1.82) is 0 Å². The predicted molar refractivity (Wildman–Crippen MR) is 59.8 cm³/mol. The van der Waals surface area contributed by atoms with E-state index in [1.165, 1.54) is 12.8 Å². The van der Waals surface area contributed by atoms with E-state index in [4.69, 9.17) is 0 Å². The Bertz CT molecular complexity index is 343. The van der Waals surface area contributed by atoms with Gasteiger partial charge in [-0.15, -0.1) is 0 Å². The quantitative estimate of drug-likeness (QED) is 0.723. The van der Waals surface area contributed by atoms with Crippen LogP contribution in [0.15, 0.2) is 5.10 Å². The molecule has 5 nitrogen and oxygen atoms in total. The molecule has 1 saturated carbocycles. The lowest BCUT2D eigenvalue weighted by Gasteiger charge is -2.26. The highest BCUT2D eigenvalue weighted by Crippen LogP contribution is 2.28. The molecule has 2 amide bonds. The molecule has 1 aliphatic heterocycles. The van der Waals surface area contributed by atoms with Crippen molar-refractivity contribution >= 4 is 17.5 Å². The third-order valence-electron chi connectivity index (χ3n) is 3.29. The van der Waals surface area contributed by atoms with Gasteiger partial charge in [0.15, 0.2) is 0 Å². The lowest BCUT2D eigenvalue weighted by atomic mass is 10.00. The van der Waals surface area contributed by atoms with Crippen LogP contribution in [0.4, 0.5) is 0 Å². The van der Waals surface area contributed by atoms with Gasteiger partial charge in [0.25, 0.3) is 5.91 Å². The summed E-state index contributed by atoms with van der Waals surface area (Å²) in [4.78, 5) is 22.8. The van der Waals surface area contributed by atoms with Gasteiger partial charge in [-0.1, -0.05) is 12.8 Å². The van der Waals surface area contributed by atoms with E-state index in [0.29, 0.717) is 18.6 Å². The number of carbonyl (C=O) groups is 2. The molecule has 2 rings (SSSR count). The summed E-state index contributed by atoms with van der Waals surface area (Å²) >= 11 is 0. The molecular weight excluding hydrogens is 206 g/mol. The predicted octanol–water partition coefficient (Wildman–Crippen LogP) is 0.701. The van der Waals surface area contributed by atoms with Crippen molar-refractivity contribution in [3.05, 3.63) is 0 Å². The van der Waals surface area contributed by atoms with Crippen molar-refractivity contribution in [3.63, 3.8) is 0 Å². The van der Waals surface area contributed by atoms with Gasteiger partial charge in [-0.2, -0.15) is 5.10 Å². The minimum atomic E-state index is -0.135. The van der Waals surface area contributed by atoms with Gasteiger partial charge in [-0.25, -0.2) is 5.43 Å². The summed E-state index contributed by atoms with van der Waals surface area (Å²) < 4.78 is 0. The zero-order chi connectivity index (χ0) is 11.6. The van der Waals surface area contributed by atoms with E-state index in [1.54, 1.807) is 0 Å². The topological polar surface area (TPSA) is 70.6 Å². The molecule has 1 aliphatic carbocycles. The monoisotopic (exact) mass is 223 g/mol. The number of nitrogens with zero attached hydrogens (tertiary/aromatic N) is 1. The van der Waals surface area contributed by atoms with Crippen LogP contribution >= 0.6 is 0 Å². The second-order valence-corrected chi connectivity index (χ2v) is 4.82. The third-order valence-corrected chi connectivity index (χ3v) is 3.29. The van der Waals surface area contributed by atoms with E-state index in [1.807, 2.05) is 0 Å². The molecule has 0 bridgehead atoms. The molecule has 0 aromatic carbocycles. The molecule has 88 valence electrons. The molecule has 2 aliphatic rings. The van der Waals surface area contributed by atoms with E-state index >= 15 is 0 Å². The molecule has 0 radical (unpaired) electrons. The minimum absolute atomic E-state index is 0.0823. The normalized spacial score (nSPS) is 23.6. The summed E-state index contributed by atoms with van der Waals surface area (Å²) in [5.74, 6) is -0.256. The largest absolute Gasteiger partial charge is 0.346 e. The van der Waals surface area contributed by atoms with E-state index < -0.39 is 0 Å². The first kappa shape index (κ1) is 11.1. The number of hydrogen-bond donors (Lipinski definition) is 2. The molecule has 1 fully saturated rings. The Morgan fingerprint density at radius 2 is 2.06 bits per heavy atom. The van der Waals surface area contributed by atoms with Gasteiger partial charge in [0.05, 0.1) is 0 Å². The van der Waals surface area contributed by atoms with Crippen LogP contribution in [0.3, 0.4) is 0 Å². The Kier molecular flexibility index (Phi) is 2.94. The van der Waals surface area contributed by atoms with Crippen LogP contribution in [0.2, 0.25) is 0 Å². The third kappa shape index (κ3) is 2.40. The highest BCUT2D eigenvalue weighted by atomic mass is 16.2. The van der Waals surface area contributed by atoms with Gasteiger partial charge in [0, 0.05) is 18.4 Å². The Morgan fingerprint density at radius 1 is 1.38 bits per heavy atom. The molecule has 2 N–H and O–H groups in total. The van der Waals surface area contributed by atoms with Crippen molar-refractivity contribution in [1.82, 2.24) is 10.7 Å². The smallest absolute Gasteiger partial charge is 0.267 e. The Labute approximate surface area is 94.7 Å². The van der Waals surface area contributed by atoms with Gasteiger partial charge >= 0.3 is 0 Å². The zero-order valence-corrected chi connectivity index (χ0v) is 9.51. The summed E-state index contributed by atoms with van der Waals surface area (Å²) in [6, 6.07) is 0. The maximum atomic E-state index is 11.9. The highest BCUT2D eigenvalue weighted by Gasteiger charge is 2.31. The zero-order valence-electron chi connectivity index (χ0n) is 9.51. The van der Waals surface area contributed by atoms with Crippen LogP contribution in [-0.4, -0.2) is 23.1 Å². The fourth-order valence-corrected chi connectivity index (χ4v) is 2.26. The van der Waals surface area contributed by atoms with E-state index in [0.717, 1.165) is 12.8 Å². The number of hydrazone groups is 1. The molecule has 1 heterocycles. The van der Waals surface area contributed by atoms with Gasteiger partial charge in [-0.3, -0.25) is 9.59 Å². The summed E-state index contributed by atoms with van der Waals surface area (Å²) in [5.41, 5.74) is 2.69. The van der Waals surface area contributed by atoms with E-state index in [-0.39, 0.29) is 17.4 Å². The fraction of sp³-hybridized carbons (Fsp3) is 0.727. The van der Waals surface area contributed by atoms with Crippen LogP contribution in [-0.2, 0) is 9.59 Å². The van der Waals surface area contributed by atoms with Crippen molar-refractivity contribution in [2.45, 2.75) is 51.0 Å². The maximum absolute atomic E-state index is 11.9. The summed E-state index contributed by atoms with van der Waals surface area (Å²) in [7, 11) is 0. The SMILES string of the molecule is CC1(NC(=O)C2=NNC(=O)CC2)CCCC1. The number of hydrogen-bond acceptors (Lipinski definition) is 3. The van der Waals surface area contributed by atoms with Crippen LogP contribution in [0, 0.1) is 0 Å². The first-order valence-electron chi connectivity index (χ1n) is 5.77. The van der Waals surface area contributed by atoms with Crippen molar-refractivity contribution < 1.29 is 9.59 Å². The second kappa shape index (κ2) is 4.23. The van der Waals surface area contributed by atoms with Gasteiger partial charge in [0.1, 0.15) is 5.71 Å². The van der Waals surface area contributed by atoms with Crippen molar-refractivity contribution in [2.24, 2.45) is 5.10 Å². The number of amides is 2. The van der Waals surface area contributed by atoms with Crippen LogP contribution < -0.4 is 10.7 Å². The molecular formula is C11H17N3O2. The molecule has 0 unspecified atom stereocenters. The molecule has 0 aromatic heterocycles. The standard InChI is InChI=1S/C11H17N3O2/c1-11(6-2-3-7-11)12-10(16)8-4-5-9(15)14-13-8/h2-7H2,1H3,(H,12,16)(H,14,15). The lowest BCUT2D eigenvalue weighted by molar-refractivity contribution is -0.121. The molecule has 0 atom stereocenters. The maximum Gasteiger partial charge on any atom is 0.267 e. The van der Waals surface area contributed by atoms with Crippen LogP contribution in [0.1, 0.15) is 45.4 Å². The molecule has 0 aromatic rings. The van der Waals surface area contributed by atoms with Crippen molar-refractivity contribution in [2.75, 3.05) is 0 Å². The lowest BCUT2D eigenvalue weighted by Crippen LogP contribution is -2.48. The molecule has 16 heavy (non-hydrogen) atoms. The first-order chi connectivity index (χ1) is 7.59. The van der Waals surface area contributed by atoms with Gasteiger partial charge in [-0.05, 0) is 19.8 Å². The fourth-order valence-electron chi connectivity index (χ4n) is 2.26. The Morgan fingerprint density at radius 3 is 2.62 bits per heavy atom. The highest BCUT2D eigenvalue weighted by molar-refractivity contribution is 6.39. The van der Waals surface area contributed by atoms with E-state index in [9.17, 15) is 9.59 Å². The average molecular weight is 223 g/mol.